The predicted octanol–water partition coefficient (Wildman–Crippen LogP) is 6.15. The van der Waals surface area contributed by atoms with Crippen molar-refractivity contribution in [2.75, 3.05) is 4.90 Å². The largest absolute Gasteiger partial charge is 0.271 e. The predicted molar refractivity (Wildman–Crippen MR) is 114 cm³/mol. The molecule has 0 atom stereocenters. The molecule has 0 radical (unpaired) electrons. The molecule has 1 saturated heterocycles. The lowest BCUT2D eigenvalue weighted by Gasteiger charge is -2.15. The van der Waals surface area contributed by atoms with E-state index in [1.54, 1.807) is 4.90 Å². The van der Waals surface area contributed by atoms with E-state index in [0.29, 0.717) is 15.1 Å². The number of benzene rings is 3. The summed E-state index contributed by atoms with van der Waals surface area (Å²) in [5, 5.41) is 1.27. The van der Waals surface area contributed by atoms with Gasteiger partial charge in [0, 0.05) is 5.02 Å². The highest BCUT2D eigenvalue weighted by molar-refractivity contribution is 8.19. The van der Waals surface area contributed by atoms with Crippen molar-refractivity contribution in [3.05, 3.63) is 100 Å². The topological polar surface area (TPSA) is 32.7 Å². The molecule has 1 heterocycles. The fourth-order valence-electron chi connectivity index (χ4n) is 2.71. The summed E-state index contributed by atoms with van der Waals surface area (Å²) in [5.74, 6) is -0.0964. The van der Waals surface area contributed by atoms with Gasteiger partial charge in [0.2, 0.25) is 0 Å². The van der Waals surface area contributed by atoms with Crippen molar-refractivity contribution in [2.45, 2.75) is 0 Å². The number of halogens is 1. The molecule has 3 aromatic rings. The maximum Gasteiger partial charge on any atom is 0.271 e. The minimum atomic E-state index is -0.0964. The molecule has 1 aliphatic rings. The third kappa shape index (κ3) is 3.97. The van der Waals surface area contributed by atoms with Gasteiger partial charge in [-0.25, -0.2) is 4.99 Å². The zero-order valence-electron chi connectivity index (χ0n) is 14.2. The van der Waals surface area contributed by atoms with Crippen LogP contribution in [0.4, 0.5) is 11.4 Å². The minimum Gasteiger partial charge on any atom is -0.268 e. The molecule has 3 aromatic carbocycles. The Labute approximate surface area is 167 Å². The number of amides is 1. The molecule has 1 fully saturated rings. The summed E-state index contributed by atoms with van der Waals surface area (Å²) in [6.45, 7) is 0. The number of hydrogen-bond acceptors (Lipinski definition) is 3. The summed E-state index contributed by atoms with van der Waals surface area (Å²) in [5.41, 5.74) is 2.48. The van der Waals surface area contributed by atoms with E-state index in [4.69, 9.17) is 16.6 Å². The smallest absolute Gasteiger partial charge is 0.268 e. The molecular formula is C22H15ClN2OS. The molecule has 3 nitrogen and oxygen atoms in total. The number of hydrogen-bond donors (Lipinski definition) is 0. The van der Waals surface area contributed by atoms with Gasteiger partial charge in [0.25, 0.3) is 5.91 Å². The van der Waals surface area contributed by atoms with E-state index in [9.17, 15) is 4.79 Å². The normalized spacial score (nSPS) is 17.1. The quantitative estimate of drug-likeness (QED) is 0.502. The number of thioether (sulfide) groups is 1. The monoisotopic (exact) mass is 390 g/mol. The summed E-state index contributed by atoms with van der Waals surface area (Å²) in [6, 6.07) is 26.6. The summed E-state index contributed by atoms with van der Waals surface area (Å²) < 4.78 is 0. The molecule has 0 aromatic heterocycles. The van der Waals surface area contributed by atoms with Gasteiger partial charge in [-0.05, 0) is 59.8 Å². The van der Waals surface area contributed by atoms with E-state index in [-0.39, 0.29) is 5.91 Å². The molecule has 0 N–H and O–H groups in total. The van der Waals surface area contributed by atoms with E-state index in [2.05, 4.69) is 0 Å². The highest BCUT2D eigenvalue weighted by atomic mass is 35.5. The molecule has 0 spiro atoms. The van der Waals surface area contributed by atoms with Crippen LogP contribution in [0.1, 0.15) is 5.56 Å². The number of carbonyl (C=O) groups is 1. The van der Waals surface area contributed by atoms with Crippen LogP contribution < -0.4 is 4.90 Å². The minimum absolute atomic E-state index is 0.0964. The Balaban J connectivity index is 1.77. The van der Waals surface area contributed by atoms with Crippen molar-refractivity contribution in [3.8, 4) is 0 Å². The number of aliphatic imine (C=N–C) groups is 1. The summed E-state index contributed by atoms with van der Waals surface area (Å²) in [6.07, 6.45) is 1.85. The Morgan fingerprint density at radius 3 is 2.30 bits per heavy atom. The Morgan fingerprint density at radius 1 is 0.889 bits per heavy atom. The fourth-order valence-corrected chi connectivity index (χ4v) is 3.91. The van der Waals surface area contributed by atoms with Crippen LogP contribution in [0.3, 0.4) is 0 Å². The van der Waals surface area contributed by atoms with Gasteiger partial charge in [-0.3, -0.25) is 9.69 Å². The molecule has 27 heavy (non-hydrogen) atoms. The Morgan fingerprint density at radius 2 is 1.59 bits per heavy atom. The molecule has 1 amide bonds. The number of rotatable bonds is 3. The fraction of sp³-hybridized carbons (Fsp3) is 0. The maximum atomic E-state index is 13.1. The van der Waals surface area contributed by atoms with Gasteiger partial charge >= 0.3 is 0 Å². The van der Waals surface area contributed by atoms with Crippen molar-refractivity contribution in [1.82, 2.24) is 0 Å². The first kappa shape index (κ1) is 17.6. The second-order valence-electron chi connectivity index (χ2n) is 5.87. The van der Waals surface area contributed by atoms with E-state index < -0.39 is 0 Å². The van der Waals surface area contributed by atoms with Crippen LogP contribution in [0.25, 0.3) is 6.08 Å². The van der Waals surface area contributed by atoms with E-state index in [1.165, 1.54) is 11.8 Å². The van der Waals surface area contributed by atoms with Crippen molar-refractivity contribution in [3.63, 3.8) is 0 Å². The molecular weight excluding hydrogens is 376 g/mol. The zero-order chi connectivity index (χ0) is 18.6. The SMILES string of the molecule is O=C1/C(=C/c2cccc(Cl)c2)SC(=Nc2ccccc2)N1c1ccccc1. The highest BCUT2D eigenvalue weighted by Crippen LogP contribution is 2.37. The molecule has 0 saturated carbocycles. The van der Waals surface area contributed by atoms with Crippen LogP contribution in [0.2, 0.25) is 5.02 Å². The summed E-state index contributed by atoms with van der Waals surface area (Å²) in [7, 11) is 0. The van der Waals surface area contributed by atoms with Crippen molar-refractivity contribution in [2.24, 2.45) is 4.99 Å². The van der Waals surface area contributed by atoms with Crippen molar-refractivity contribution >= 4 is 51.9 Å². The van der Waals surface area contributed by atoms with Crippen LogP contribution in [0, 0.1) is 0 Å². The lowest BCUT2D eigenvalue weighted by Crippen LogP contribution is -2.28. The first-order valence-electron chi connectivity index (χ1n) is 8.39. The molecule has 0 bridgehead atoms. The maximum absolute atomic E-state index is 13.1. The van der Waals surface area contributed by atoms with Gasteiger partial charge in [-0.2, -0.15) is 0 Å². The van der Waals surface area contributed by atoms with Crippen LogP contribution in [-0.2, 0) is 4.79 Å². The lowest BCUT2D eigenvalue weighted by molar-refractivity contribution is -0.113. The van der Waals surface area contributed by atoms with Crippen LogP contribution in [0.5, 0.6) is 0 Å². The molecule has 1 aliphatic heterocycles. The van der Waals surface area contributed by atoms with Gasteiger partial charge in [0.05, 0.1) is 16.3 Å². The molecule has 132 valence electrons. The third-order valence-electron chi connectivity index (χ3n) is 3.95. The van der Waals surface area contributed by atoms with Crippen LogP contribution in [-0.4, -0.2) is 11.1 Å². The van der Waals surface area contributed by atoms with Gasteiger partial charge < -0.3 is 0 Å². The molecule has 5 heteroatoms. The van der Waals surface area contributed by atoms with Gasteiger partial charge in [-0.15, -0.1) is 0 Å². The first-order chi connectivity index (χ1) is 13.2. The standard InChI is InChI=1S/C22H15ClN2OS/c23-17-9-7-8-16(14-17)15-20-21(26)25(19-12-5-2-6-13-19)22(27-20)24-18-10-3-1-4-11-18/h1-15H/b20-15-,24-22?. The molecule has 0 unspecified atom stereocenters. The van der Waals surface area contributed by atoms with E-state index in [0.717, 1.165) is 16.9 Å². The summed E-state index contributed by atoms with van der Waals surface area (Å²) >= 11 is 7.43. The average Bonchev–Trinajstić information content (AvgIpc) is 2.98. The number of nitrogens with zero attached hydrogens (tertiary/aromatic N) is 2. The van der Waals surface area contributed by atoms with Crippen LogP contribution in [0.15, 0.2) is 94.8 Å². The van der Waals surface area contributed by atoms with Crippen molar-refractivity contribution < 1.29 is 4.79 Å². The van der Waals surface area contributed by atoms with Crippen LogP contribution >= 0.6 is 23.4 Å². The highest BCUT2D eigenvalue weighted by Gasteiger charge is 2.34. The number of carbonyl (C=O) groups excluding carboxylic acids is 1. The third-order valence-corrected chi connectivity index (χ3v) is 5.15. The average molecular weight is 391 g/mol. The van der Waals surface area contributed by atoms with Gasteiger partial charge in [0.15, 0.2) is 5.17 Å². The Kier molecular flexibility index (Phi) is 5.10. The Bertz CT molecular complexity index is 1030. The first-order valence-corrected chi connectivity index (χ1v) is 9.58. The number of amidine groups is 1. The summed E-state index contributed by atoms with van der Waals surface area (Å²) in [4.78, 5) is 20.1. The van der Waals surface area contributed by atoms with Gasteiger partial charge in [0.1, 0.15) is 0 Å². The van der Waals surface area contributed by atoms with Gasteiger partial charge in [-0.1, -0.05) is 60.1 Å². The second kappa shape index (κ2) is 7.82. The number of para-hydroxylation sites is 2. The van der Waals surface area contributed by atoms with Crippen molar-refractivity contribution in [1.29, 1.82) is 0 Å². The Hall–Kier alpha value is -2.82. The molecule has 4 rings (SSSR count). The van der Waals surface area contributed by atoms with E-state index in [1.807, 2.05) is 91.0 Å². The lowest BCUT2D eigenvalue weighted by atomic mass is 10.2. The van der Waals surface area contributed by atoms with E-state index >= 15 is 0 Å². The second-order valence-corrected chi connectivity index (χ2v) is 7.32. The number of anilines is 1. The zero-order valence-corrected chi connectivity index (χ0v) is 15.8. The molecule has 0 aliphatic carbocycles.